The van der Waals surface area contributed by atoms with E-state index in [4.69, 9.17) is 5.11 Å². The van der Waals surface area contributed by atoms with E-state index in [-0.39, 0.29) is 18.6 Å². The Hall–Kier alpha value is -0.610. The van der Waals surface area contributed by atoms with Gasteiger partial charge >= 0.3 is 0 Å². The lowest BCUT2D eigenvalue weighted by Gasteiger charge is -2.13. The molecule has 72 valence electrons. The number of likely N-dealkylation sites (N-methyl/N-ethyl adjacent to an activating group) is 1. The molecule has 0 aliphatic rings. The fraction of sp³-hybridized carbons (Fsp3) is 0.875. The Bertz CT molecular complexity index is 124. The van der Waals surface area contributed by atoms with E-state index in [2.05, 4.69) is 10.6 Å². The normalized spacial score (nSPS) is 12.6. The van der Waals surface area contributed by atoms with Gasteiger partial charge in [-0.25, -0.2) is 0 Å². The van der Waals surface area contributed by atoms with Crippen LogP contribution in [-0.2, 0) is 4.79 Å². The van der Waals surface area contributed by atoms with Gasteiger partial charge in [-0.05, 0) is 13.0 Å². The zero-order chi connectivity index (χ0) is 9.40. The second kappa shape index (κ2) is 7.06. The average molecular weight is 174 g/mol. The molecule has 0 aromatic rings. The highest BCUT2D eigenvalue weighted by Crippen LogP contribution is 1.87. The summed E-state index contributed by atoms with van der Waals surface area (Å²) in [6.45, 7) is 4.98. The summed E-state index contributed by atoms with van der Waals surface area (Å²) in [5.74, 6) is -0.0576. The molecule has 0 aliphatic heterocycles. The molecule has 0 spiro atoms. The van der Waals surface area contributed by atoms with Crippen molar-refractivity contribution in [3.8, 4) is 0 Å². The van der Waals surface area contributed by atoms with Gasteiger partial charge in [-0.2, -0.15) is 0 Å². The molecule has 0 heterocycles. The predicted molar refractivity (Wildman–Crippen MR) is 47.9 cm³/mol. The van der Waals surface area contributed by atoms with Crippen molar-refractivity contribution in [2.24, 2.45) is 0 Å². The van der Waals surface area contributed by atoms with Crippen molar-refractivity contribution in [3.05, 3.63) is 0 Å². The summed E-state index contributed by atoms with van der Waals surface area (Å²) in [7, 11) is 0. The van der Waals surface area contributed by atoms with E-state index in [9.17, 15) is 4.79 Å². The first-order valence-electron chi connectivity index (χ1n) is 4.35. The van der Waals surface area contributed by atoms with E-state index in [0.29, 0.717) is 6.54 Å². The van der Waals surface area contributed by atoms with Crippen molar-refractivity contribution >= 4 is 5.91 Å². The van der Waals surface area contributed by atoms with Gasteiger partial charge in [-0.3, -0.25) is 4.79 Å². The lowest BCUT2D eigenvalue weighted by Crippen LogP contribution is -2.41. The summed E-state index contributed by atoms with van der Waals surface area (Å²) in [5, 5.41) is 14.4. The first-order valence-corrected chi connectivity index (χ1v) is 4.35. The molecule has 1 atom stereocenters. The second-order valence-corrected chi connectivity index (χ2v) is 2.64. The molecule has 4 nitrogen and oxygen atoms in total. The first kappa shape index (κ1) is 11.4. The smallest absolute Gasteiger partial charge is 0.234 e. The topological polar surface area (TPSA) is 61.4 Å². The van der Waals surface area contributed by atoms with Gasteiger partial charge in [0.05, 0.1) is 19.2 Å². The van der Waals surface area contributed by atoms with Gasteiger partial charge < -0.3 is 15.7 Å². The maximum absolute atomic E-state index is 11.0. The monoisotopic (exact) mass is 174 g/mol. The number of nitrogens with one attached hydrogen (secondary N) is 2. The van der Waals surface area contributed by atoms with Crippen molar-refractivity contribution in [3.63, 3.8) is 0 Å². The number of carbonyl (C=O) groups excluding carboxylic acids is 1. The van der Waals surface area contributed by atoms with Crippen LogP contribution in [0.3, 0.4) is 0 Å². The van der Waals surface area contributed by atoms with Crippen LogP contribution in [0, 0.1) is 0 Å². The molecule has 0 aromatic carbocycles. The van der Waals surface area contributed by atoms with Crippen LogP contribution in [0.4, 0.5) is 0 Å². The van der Waals surface area contributed by atoms with Crippen molar-refractivity contribution in [1.29, 1.82) is 0 Å². The van der Waals surface area contributed by atoms with E-state index in [1.807, 2.05) is 13.8 Å². The summed E-state index contributed by atoms with van der Waals surface area (Å²) in [6.07, 6.45) is 0.758. The predicted octanol–water partition coefficient (Wildman–Crippen LogP) is -0.517. The van der Waals surface area contributed by atoms with Crippen LogP contribution in [0.15, 0.2) is 0 Å². The third kappa shape index (κ3) is 5.09. The van der Waals surface area contributed by atoms with Gasteiger partial charge in [0.15, 0.2) is 0 Å². The molecular formula is C8H18N2O2. The highest BCUT2D eigenvalue weighted by Gasteiger charge is 2.07. The molecule has 4 heteroatoms. The molecular weight excluding hydrogens is 156 g/mol. The molecule has 0 rings (SSSR count). The fourth-order valence-electron chi connectivity index (χ4n) is 0.794. The Morgan fingerprint density at radius 3 is 2.58 bits per heavy atom. The molecule has 0 unspecified atom stereocenters. The largest absolute Gasteiger partial charge is 0.394 e. The summed E-state index contributed by atoms with van der Waals surface area (Å²) in [4.78, 5) is 11.0. The minimum Gasteiger partial charge on any atom is -0.394 e. The fourth-order valence-corrected chi connectivity index (χ4v) is 0.794. The van der Waals surface area contributed by atoms with Crippen LogP contribution in [0.1, 0.15) is 20.3 Å². The van der Waals surface area contributed by atoms with E-state index in [1.54, 1.807) is 0 Å². The van der Waals surface area contributed by atoms with Crippen LogP contribution in [-0.4, -0.2) is 36.8 Å². The molecule has 0 bridgehead atoms. The SMILES string of the molecule is CCNCC(=O)N[C@@H](CC)CO. The molecule has 3 N–H and O–H groups in total. The molecule has 0 aromatic heterocycles. The summed E-state index contributed by atoms with van der Waals surface area (Å²) in [6, 6.07) is -0.101. The number of aliphatic hydroxyl groups excluding tert-OH is 1. The minimum atomic E-state index is -0.101. The summed E-state index contributed by atoms with van der Waals surface area (Å²) in [5.41, 5.74) is 0. The molecule has 0 radical (unpaired) electrons. The molecule has 0 saturated heterocycles. The third-order valence-corrected chi connectivity index (χ3v) is 1.61. The lowest BCUT2D eigenvalue weighted by atomic mass is 10.2. The molecule has 1 amide bonds. The standard InChI is InChI=1S/C8H18N2O2/c1-3-7(6-11)10-8(12)5-9-4-2/h7,9,11H,3-6H2,1-2H3,(H,10,12)/t7-/m0/s1. The van der Waals surface area contributed by atoms with Gasteiger partial charge in [0.2, 0.25) is 5.91 Å². The molecule has 12 heavy (non-hydrogen) atoms. The lowest BCUT2D eigenvalue weighted by molar-refractivity contribution is -0.121. The van der Waals surface area contributed by atoms with E-state index < -0.39 is 0 Å². The zero-order valence-electron chi connectivity index (χ0n) is 7.76. The molecule has 0 fully saturated rings. The summed E-state index contributed by atoms with van der Waals surface area (Å²) >= 11 is 0. The van der Waals surface area contributed by atoms with Crippen LogP contribution in [0.25, 0.3) is 0 Å². The van der Waals surface area contributed by atoms with Crippen molar-refractivity contribution in [2.45, 2.75) is 26.3 Å². The highest BCUT2D eigenvalue weighted by atomic mass is 16.3. The number of hydrogen-bond donors (Lipinski definition) is 3. The Morgan fingerprint density at radius 2 is 2.17 bits per heavy atom. The van der Waals surface area contributed by atoms with Crippen molar-refractivity contribution in [2.75, 3.05) is 19.7 Å². The quantitative estimate of drug-likeness (QED) is 0.508. The molecule has 0 saturated carbocycles. The number of rotatable bonds is 6. The van der Waals surface area contributed by atoms with E-state index >= 15 is 0 Å². The van der Waals surface area contributed by atoms with Crippen LogP contribution in [0.5, 0.6) is 0 Å². The van der Waals surface area contributed by atoms with Gasteiger partial charge in [-0.1, -0.05) is 13.8 Å². The second-order valence-electron chi connectivity index (χ2n) is 2.64. The number of amides is 1. The first-order chi connectivity index (χ1) is 5.74. The minimum absolute atomic E-state index is 0.00830. The number of hydrogen-bond acceptors (Lipinski definition) is 3. The van der Waals surface area contributed by atoms with Crippen LogP contribution >= 0.6 is 0 Å². The number of aliphatic hydroxyl groups is 1. The van der Waals surface area contributed by atoms with Crippen molar-refractivity contribution < 1.29 is 9.90 Å². The highest BCUT2D eigenvalue weighted by molar-refractivity contribution is 5.78. The van der Waals surface area contributed by atoms with E-state index in [1.165, 1.54) is 0 Å². The Morgan fingerprint density at radius 1 is 1.50 bits per heavy atom. The molecule has 0 aliphatic carbocycles. The van der Waals surface area contributed by atoms with Crippen LogP contribution < -0.4 is 10.6 Å². The third-order valence-electron chi connectivity index (χ3n) is 1.61. The van der Waals surface area contributed by atoms with Gasteiger partial charge in [0, 0.05) is 0 Å². The average Bonchev–Trinajstić information content (AvgIpc) is 2.10. The maximum Gasteiger partial charge on any atom is 0.234 e. The van der Waals surface area contributed by atoms with E-state index in [0.717, 1.165) is 13.0 Å². The zero-order valence-corrected chi connectivity index (χ0v) is 7.76. The Kier molecular flexibility index (Phi) is 6.70. The van der Waals surface area contributed by atoms with Crippen molar-refractivity contribution in [1.82, 2.24) is 10.6 Å². The Labute approximate surface area is 73.3 Å². The van der Waals surface area contributed by atoms with Gasteiger partial charge in [0.25, 0.3) is 0 Å². The van der Waals surface area contributed by atoms with Crippen LogP contribution in [0.2, 0.25) is 0 Å². The maximum atomic E-state index is 11.0. The Balaban J connectivity index is 3.52. The van der Waals surface area contributed by atoms with Gasteiger partial charge in [0.1, 0.15) is 0 Å². The van der Waals surface area contributed by atoms with Gasteiger partial charge in [-0.15, -0.1) is 0 Å². The number of carbonyl (C=O) groups is 1. The summed E-state index contributed by atoms with van der Waals surface area (Å²) < 4.78 is 0.